The van der Waals surface area contributed by atoms with Crippen molar-refractivity contribution in [2.75, 3.05) is 0 Å². The predicted molar refractivity (Wildman–Crippen MR) is 76.6 cm³/mol. The Balaban J connectivity index is 2.25. The van der Waals surface area contributed by atoms with E-state index >= 15 is 0 Å². The average Bonchev–Trinajstić information content (AvgIpc) is 2.82. The Morgan fingerprint density at radius 2 is 2.24 bits per heavy atom. The number of benzene rings is 1. The van der Waals surface area contributed by atoms with Gasteiger partial charge in [-0.05, 0) is 64.4 Å². The largest absolute Gasteiger partial charge is 0.472 e. The van der Waals surface area contributed by atoms with Gasteiger partial charge in [0.2, 0.25) is 0 Å². The summed E-state index contributed by atoms with van der Waals surface area (Å²) >= 11 is 8.29. The van der Waals surface area contributed by atoms with Crippen LogP contribution < -0.4 is 11.3 Å². The second kappa shape index (κ2) is 5.86. The van der Waals surface area contributed by atoms with E-state index in [0.29, 0.717) is 5.02 Å². The van der Waals surface area contributed by atoms with Crippen LogP contribution in [0, 0.1) is 3.57 Å². The van der Waals surface area contributed by atoms with E-state index in [1.807, 2.05) is 24.3 Å². The van der Waals surface area contributed by atoms with Gasteiger partial charge < -0.3 is 4.42 Å². The number of hydrazine groups is 1. The Morgan fingerprint density at radius 3 is 2.88 bits per heavy atom. The first-order valence-electron chi connectivity index (χ1n) is 5.13. The molecule has 3 nitrogen and oxygen atoms in total. The highest BCUT2D eigenvalue weighted by molar-refractivity contribution is 14.1. The van der Waals surface area contributed by atoms with Gasteiger partial charge in [0.05, 0.1) is 18.6 Å². The summed E-state index contributed by atoms with van der Waals surface area (Å²) in [7, 11) is 0. The van der Waals surface area contributed by atoms with Gasteiger partial charge in [0.1, 0.15) is 0 Å². The number of furan rings is 1. The van der Waals surface area contributed by atoms with Gasteiger partial charge in [-0.2, -0.15) is 0 Å². The van der Waals surface area contributed by atoms with Crippen molar-refractivity contribution in [2.24, 2.45) is 5.84 Å². The van der Waals surface area contributed by atoms with Crippen LogP contribution in [0.5, 0.6) is 0 Å². The highest BCUT2D eigenvalue weighted by Crippen LogP contribution is 2.26. The van der Waals surface area contributed by atoms with Crippen molar-refractivity contribution in [3.05, 3.63) is 56.5 Å². The van der Waals surface area contributed by atoms with E-state index in [9.17, 15) is 0 Å². The van der Waals surface area contributed by atoms with Crippen LogP contribution in [0.3, 0.4) is 0 Å². The minimum atomic E-state index is 0.0261. The Labute approximate surface area is 118 Å². The highest BCUT2D eigenvalue weighted by Gasteiger charge is 2.14. The van der Waals surface area contributed by atoms with Crippen LogP contribution in [0.25, 0.3) is 0 Å². The van der Waals surface area contributed by atoms with Crippen LogP contribution in [-0.2, 0) is 6.42 Å². The zero-order valence-electron chi connectivity index (χ0n) is 8.99. The van der Waals surface area contributed by atoms with Crippen molar-refractivity contribution >= 4 is 34.2 Å². The van der Waals surface area contributed by atoms with Gasteiger partial charge in [0, 0.05) is 8.59 Å². The molecule has 0 aliphatic rings. The lowest BCUT2D eigenvalue weighted by Gasteiger charge is -2.17. The van der Waals surface area contributed by atoms with Crippen molar-refractivity contribution in [3.8, 4) is 0 Å². The standard InChI is InChI=1S/C12H12ClIN2O/c13-9-1-2-11(14)10(6-9)12(16-15)5-8-3-4-17-7-8/h1-4,6-7,12,16H,5,15H2. The van der Waals surface area contributed by atoms with Gasteiger partial charge in [0.25, 0.3) is 0 Å². The number of nitrogens with two attached hydrogens (primary N) is 1. The van der Waals surface area contributed by atoms with E-state index in [2.05, 4.69) is 28.0 Å². The van der Waals surface area contributed by atoms with Crippen molar-refractivity contribution in [1.29, 1.82) is 0 Å². The van der Waals surface area contributed by atoms with Gasteiger partial charge >= 0.3 is 0 Å². The molecule has 2 aromatic rings. The van der Waals surface area contributed by atoms with Crippen molar-refractivity contribution < 1.29 is 4.42 Å². The third kappa shape index (κ3) is 3.22. The summed E-state index contributed by atoms with van der Waals surface area (Å²) in [6.07, 6.45) is 4.15. The Bertz CT molecular complexity index is 487. The van der Waals surface area contributed by atoms with Crippen LogP contribution >= 0.6 is 34.2 Å². The molecule has 0 bridgehead atoms. The topological polar surface area (TPSA) is 51.2 Å². The molecule has 0 fully saturated rings. The summed E-state index contributed by atoms with van der Waals surface area (Å²) in [4.78, 5) is 0. The zero-order valence-corrected chi connectivity index (χ0v) is 11.9. The lowest BCUT2D eigenvalue weighted by molar-refractivity contribution is 0.534. The number of rotatable bonds is 4. The maximum Gasteiger partial charge on any atom is 0.0935 e. The molecule has 90 valence electrons. The monoisotopic (exact) mass is 362 g/mol. The maximum atomic E-state index is 6.01. The second-order valence-corrected chi connectivity index (χ2v) is 5.32. The molecule has 2 rings (SSSR count). The first-order valence-corrected chi connectivity index (χ1v) is 6.58. The normalized spacial score (nSPS) is 12.6. The highest BCUT2D eigenvalue weighted by atomic mass is 127. The van der Waals surface area contributed by atoms with Gasteiger partial charge in [-0.3, -0.25) is 11.3 Å². The van der Waals surface area contributed by atoms with Gasteiger partial charge in [0.15, 0.2) is 0 Å². The molecular formula is C12H12ClIN2O. The minimum Gasteiger partial charge on any atom is -0.472 e. The third-order valence-electron chi connectivity index (χ3n) is 2.55. The quantitative estimate of drug-likeness (QED) is 0.498. The van der Waals surface area contributed by atoms with Gasteiger partial charge in [-0.25, -0.2) is 0 Å². The van der Waals surface area contributed by atoms with Crippen LogP contribution in [0.15, 0.2) is 41.2 Å². The number of hydrogen-bond acceptors (Lipinski definition) is 3. The first kappa shape index (κ1) is 12.9. The Morgan fingerprint density at radius 1 is 1.41 bits per heavy atom. The van der Waals surface area contributed by atoms with Crippen LogP contribution in [-0.4, -0.2) is 0 Å². The molecule has 0 aliphatic heterocycles. The van der Waals surface area contributed by atoms with E-state index < -0.39 is 0 Å². The number of hydrogen-bond donors (Lipinski definition) is 2. The number of halogens is 2. The molecule has 3 N–H and O–H groups in total. The molecule has 1 atom stereocenters. The fraction of sp³-hybridized carbons (Fsp3) is 0.167. The summed E-state index contributed by atoms with van der Waals surface area (Å²) in [6.45, 7) is 0. The van der Waals surface area contributed by atoms with E-state index in [4.69, 9.17) is 21.9 Å². The summed E-state index contributed by atoms with van der Waals surface area (Å²) in [6, 6.07) is 7.75. The summed E-state index contributed by atoms with van der Waals surface area (Å²) in [5.74, 6) is 5.61. The molecule has 0 saturated heterocycles. The summed E-state index contributed by atoms with van der Waals surface area (Å²) < 4.78 is 6.19. The summed E-state index contributed by atoms with van der Waals surface area (Å²) in [5.41, 5.74) is 5.02. The molecule has 17 heavy (non-hydrogen) atoms. The van der Waals surface area contributed by atoms with Crippen molar-refractivity contribution in [1.82, 2.24) is 5.43 Å². The molecule has 0 spiro atoms. The number of nitrogens with one attached hydrogen (secondary N) is 1. The minimum absolute atomic E-state index is 0.0261. The molecule has 5 heteroatoms. The lowest BCUT2D eigenvalue weighted by Crippen LogP contribution is -2.30. The second-order valence-electron chi connectivity index (χ2n) is 3.72. The van der Waals surface area contributed by atoms with E-state index in [0.717, 1.165) is 21.1 Å². The average molecular weight is 363 g/mol. The van der Waals surface area contributed by atoms with Crippen LogP contribution in [0.1, 0.15) is 17.2 Å². The SMILES string of the molecule is NNC(Cc1ccoc1)c1cc(Cl)ccc1I. The molecule has 0 amide bonds. The maximum absolute atomic E-state index is 6.01. The molecule has 1 heterocycles. The Kier molecular flexibility index (Phi) is 4.44. The summed E-state index contributed by atoms with van der Waals surface area (Å²) in [5, 5.41) is 0.716. The molecule has 0 radical (unpaired) electrons. The molecule has 1 aromatic carbocycles. The van der Waals surface area contributed by atoms with Crippen LogP contribution in [0.2, 0.25) is 5.02 Å². The smallest absolute Gasteiger partial charge is 0.0935 e. The molecule has 1 aromatic heterocycles. The van der Waals surface area contributed by atoms with Crippen LogP contribution in [0.4, 0.5) is 0 Å². The third-order valence-corrected chi connectivity index (χ3v) is 3.77. The zero-order chi connectivity index (χ0) is 12.3. The van der Waals surface area contributed by atoms with Gasteiger partial charge in [-0.1, -0.05) is 11.6 Å². The predicted octanol–water partition coefficient (Wildman–Crippen LogP) is 3.28. The van der Waals surface area contributed by atoms with E-state index in [-0.39, 0.29) is 6.04 Å². The fourth-order valence-electron chi connectivity index (χ4n) is 1.68. The Hall–Kier alpha value is -0.560. The fourth-order valence-corrected chi connectivity index (χ4v) is 2.58. The molecule has 1 unspecified atom stereocenters. The molecular weight excluding hydrogens is 351 g/mol. The lowest BCUT2D eigenvalue weighted by atomic mass is 10.0. The molecule has 0 saturated carbocycles. The molecule has 0 aliphatic carbocycles. The van der Waals surface area contributed by atoms with E-state index in [1.54, 1.807) is 12.5 Å². The van der Waals surface area contributed by atoms with Gasteiger partial charge in [-0.15, -0.1) is 0 Å². The van der Waals surface area contributed by atoms with E-state index in [1.165, 1.54) is 0 Å². The van der Waals surface area contributed by atoms with Crippen molar-refractivity contribution in [2.45, 2.75) is 12.5 Å². The first-order chi connectivity index (χ1) is 8.20. The van der Waals surface area contributed by atoms with Crippen molar-refractivity contribution in [3.63, 3.8) is 0 Å².